The molecule has 5 heteroatoms. The van der Waals surface area contributed by atoms with Crippen LogP contribution in [-0.4, -0.2) is 19.8 Å². The van der Waals surface area contributed by atoms with E-state index >= 15 is 0 Å². The molecule has 1 saturated carbocycles. The molecule has 0 radical (unpaired) electrons. The Kier molecular flexibility index (Phi) is 5.80. The van der Waals surface area contributed by atoms with E-state index in [1.165, 1.54) is 32.1 Å². The van der Waals surface area contributed by atoms with Crippen LogP contribution in [0.2, 0.25) is 0 Å². The summed E-state index contributed by atoms with van der Waals surface area (Å²) < 4.78 is 7.84. The van der Waals surface area contributed by atoms with Gasteiger partial charge in [0.05, 0.1) is 22.5 Å². The maximum Gasteiger partial charge on any atom is 0.141 e. The number of aromatic nitrogens is 3. The van der Waals surface area contributed by atoms with Crippen molar-refractivity contribution >= 4 is 11.0 Å². The Hall–Kier alpha value is -3.34. The van der Waals surface area contributed by atoms with E-state index in [-0.39, 0.29) is 5.76 Å². The van der Waals surface area contributed by atoms with Gasteiger partial charge in [0.2, 0.25) is 0 Å². The maximum atomic E-state index is 9.54. The van der Waals surface area contributed by atoms with Gasteiger partial charge >= 0.3 is 0 Å². The number of fused-ring (bicyclic) bond motifs is 1. The number of allylic oxidation sites excluding steroid dienone is 1. The fraction of sp³-hybridized carbons (Fsp3) is 0.379. The lowest BCUT2D eigenvalue weighted by Gasteiger charge is -2.34. The Morgan fingerprint density at radius 1 is 1.12 bits per heavy atom. The molecule has 1 aliphatic carbocycles. The molecule has 0 atom stereocenters. The summed E-state index contributed by atoms with van der Waals surface area (Å²) in [6.07, 6.45) is 11.2. The summed E-state index contributed by atoms with van der Waals surface area (Å²) in [6, 6.07) is 10.6. The van der Waals surface area contributed by atoms with Crippen molar-refractivity contribution < 1.29 is 9.63 Å². The van der Waals surface area contributed by atoms with Crippen LogP contribution in [0.3, 0.4) is 0 Å². The van der Waals surface area contributed by atoms with E-state index in [1.54, 1.807) is 0 Å². The summed E-state index contributed by atoms with van der Waals surface area (Å²) in [7, 11) is 0. The number of hydrogen-bond donors (Lipinski definition) is 1. The summed E-state index contributed by atoms with van der Waals surface area (Å²) >= 11 is 0. The predicted molar refractivity (Wildman–Crippen MR) is 137 cm³/mol. The van der Waals surface area contributed by atoms with Crippen molar-refractivity contribution in [2.24, 2.45) is 5.41 Å². The van der Waals surface area contributed by atoms with E-state index < -0.39 is 0 Å². The van der Waals surface area contributed by atoms with Crippen LogP contribution in [0.25, 0.3) is 33.3 Å². The average Bonchev–Trinajstić information content (AvgIpc) is 3.33. The number of aliphatic hydroxyl groups is 1. The first-order chi connectivity index (χ1) is 16.3. The standard InChI is InChI=1S/C29H33N3O2/c1-19(33)14-22-8-10-23(11-9-22)25-17-32(18-29(4)12-6-5-7-13-29)26-15-24(16-30-28(25)26)27-20(2)31-34-21(27)3/h8-11,15-17,33H,1,5-7,12-14,18H2,2-4H3. The number of aliphatic hydroxyl groups excluding tert-OH is 1. The molecule has 0 spiro atoms. The molecular weight excluding hydrogens is 422 g/mol. The van der Waals surface area contributed by atoms with Crippen molar-refractivity contribution in [1.29, 1.82) is 0 Å². The number of pyridine rings is 1. The first kappa shape index (κ1) is 22.5. The average molecular weight is 456 g/mol. The molecular formula is C29H33N3O2. The van der Waals surface area contributed by atoms with Crippen LogP contribution < -0.4 is 0 Å². The molecule has 3 aromatic heterocycles. The smallest absolute Gasteiger partial charge is 0.141 e. The van der Waals surface area contributed by atoms with Gasteiger partial charge in [-0.15, -0.1) is 0 Å². The van der Waals surface area contributed by atoms with E-state index in [2.05, 4.69) is 59.8 Å². The number of nitrogens with zero attached hydrogens (tertiary/aromatic N) is 3. The molecule has 5 rings (SSSR count). The maximum absolute atomic E-state index is 9.54. The predicted octanol–water partition coefficient (Wildman–Crippen LogP) is 7.56. The van der Waals surface area contributed by atoms with E-state index in [1.807, 2.05) is 20.0 Å². The van der Waals surface area contributed by atoms with Gasteiger partial charge in [-0.25, -0.2) is 0 Å². The lowest BCUT2D eigenvalue weighted by molar-refractivity contribution is 0.185. The molecule has 0 unspecified atom stereocenters. The van der Waals surface area contributed by atoms with Crippen molar-refractivity contribution in [2.45, 2.75) is 65.8 Å². The minimum atomic E-state index is 0.179. The number of hydrogen-bond acceptors (Lipinski definition) is 4. The third kappa shape index (κ3) is 4.27. The highest BCUT2D eigenvalue weighted by atomic mass is 16.5. The Morgan fingerprint density at radius 2 is 1.85 bits per heavy atom. The lowest BCUT2D eigenvalue weighted by Crippen LogP contribution is -2.25. The summed E-state index contributed by atoms with van der Waals surface area (Å²) in [6.45, 7) is 11.0. The molecule has 1 fully saturated rings. The van der Waals surface area contributed by atoms with Gasteiger partial charge in [-0.1, -0.05) is 62.2 Å². The summed E-state index contributed by atoms with van der Waals surface area (Å²) in [5.41, 5.74) is 8.71. The third-order valence-corrected chi connectivity index (χ3v) is 7.32. The van der Waals surface area contributed by atoms with Gasteiger partial charge < -0.3 is 14.2 Å². The fourth-order valence-electron chi connectivity index (χ4n) is 5.55. The molecule has 34 heavy (non-hydrogen) atoms. The van der Waals surface area contributed by atoms with E-state index in [0.717, 1.165) is 56.8 Å². The quantitative estimate of drug-likeness (QED) is 0.305. The minimum absolute atomic E-state index is 0.179. The molecule has 176 valence electrons. The van der Waals surface area contributed by atoms with Gasteiger partial charge in [0.15, 0.2) is 0 Å². The Bertz CT molecular complexity index is 1320. The lowest BCUT2D eigenvalue weighted by atomic mass is 9.75. The zero-order chi connectivity index (χ0) is 23.9. The Morgan fingerprint density at radius 3 is 2.50 bits per heavy atom. The zero-order valence-corrected chi connectivity index (χ0v) is 20.4. The Labute approximate surface area is 201 Å². The van der Waals surface area contributed by atoms with Crippen molar-refractivity contribution in [2.75, 3.05) is 0 Å². The second-order valence-corrected chi connectivity index (χ2v) is 10.3. The van der Waals surface area contributed by atoms with Crippen molar-refractivity contribution in [3.8, 4) is 22.3 Å². The van der Waals surface area contributed by atoms with Crippen LogP contribution >= 0.6 is 0 Å². The monoisotopic (exact) mass is 455 g/mol. The SMILES string of the molecule is C=C(O)Cc1ccc(-c2cn(CC3(C)CCCCC3)c3cc(-c4c(C)noc4C)cnc23)cc1. The number of rotatable bonds is 6. The summed E-state index contributed by atoms with van der Waals surface area (Å²) in [5, 5.41) is 13.7. The summed E-state index contributed by atoms with van der Waals surface area (Å²) in [4.78, 5) is 4.96. The molecule has 5 nitrogen and oxygen atoms in total. The molecule has 3 heterocycles. The zero-order valence-electron chi connectivity index (χ0n) is 20.4. The second kappa shape index (κ2) is 8.79. The van der Waals surface area contributed by atoms with Gasteiger partial charge in [0, 0.05) is 42.0 Å². The molecule has 1 N–H and O–H groups in total. The highest BCUT2D eigenvalue weighted by molar-refractivity contribution is 5.95. The first-order valence-corrected chi connectivity index (χ1v) is 12.2. The summed E-state index contributed by atoms with van der Waals surface area (Å²) in [5.74, 6) is 0.996. The highest BCUT2D eigenvalue weighted by Gasteiger charge is 2.28. The minimum Gasteiger partial charge on any atom is -0.513 e. The van der Waals surface area contributed by atoms with E-state index in [9.17, 15) is 5.11 Å². The van der Waals surface area contributed by atoms with Gasteiger partial charge in [-0.3, -0.25) is 4.98 Å². The van der Waals surface area contributed by atoms with E-state index in [0.29, 0.717) is 11.8 Å². The molecule has 0 saturated heterocycles. The number of benzene rings is 1. The molecule has 4 aromatic rings. The van der Waals surface area contributed by atoms with Gasteiger partial charge in [-0.05, 0) is 49.3 Å². The normalized spacial score (nSPS) is 15.6. The van der Waals surface area contributed by atoms with Crippen LogP contribution in [0, 0.1) is 19.3 Å². The third-order valence-electron chi connectivity index (χ3n) is 7.32. The fourth-order valence-corrected chi connectivity index (χ4v) is 5.55. The second-order valence-electron chi connectivity index (χ2n) is 10.3. The molecule has 1 aliphatic rings. The van der Waals surface area contributed by atoms with Crippen LogP contribution in [0.15, 0.2) is 59.6 Å². The van der Waals surface area contributed by atoms with Gasteiger partial charge in [0.25, 0.3) is 0 Å². The molecule has 0 bridgehead atoms. The first-order valence-electron chi connectivity index (χ1n) is 12.2. The van der Waals surface area contributed by atoms with Crippen molar-refractivity contribution in [1.82, 2.24) is 14.7 Å². The molecule has 1 aromatic carbocycles. The largest absolute Gasteiger partial charge is 0.513 e. The highest BCUT2D eigenvalue weighted by Crippen LogP contribution is 2.40. The topological polar surface area (TPSA) is 64.1 Å². The van der Waals surface area contributed by atoms with Crippen LogP contribution in [-0.2, 0) is 13.0 Å². The van der Waals surface area contributed by atoms with Crippen LogP contribution in [0.5, 0.6) is 0 Å². The van der Waals surface area contributed by atoms with Crippen molar-refractivity contribution in [3.63, 3.8) is 0 Å². The number of aryl methyl sites for hydroxylation is 2. The van der Waals surface area contributed by atoms with Crippen molar-refractivity contribution in [3.05, 3.63) is 72.1 Å². The van der Waals surface area contributed by atoms with Gasteiger partial charge in [-0.2, -0.15) is 0 Å². The van der Waals surface area contributed by atoms with Crippen LogP contribution in [0.4, 0.5) is 0 Å². The Balaban J connectivity index is 1.62. The molecule has 0 amide bonds. The van der Waals surface area contributed by atoms with Gasteiger partial charge in [0.1, 0.15) is 5.76 Å². The molecule has 0 aliphatic heterocycles. The van der Waals surface area contributed by atoms with E-state index in [4.69, 9.17) is 9.51 Å². The van der Waals surface area contributed by atoms with Crippen LogP contribution in [0.1, 0.15) is 56.0 Å².